The minimum Gasteiger partial charge on any atom is -0.495 e. The molecule has 1 aliphatic heterocycles. The molecule has 1 aromatic heterocycles. The lowest BCUT2D eigenvalue weighted by Gasteiger charge is -2.26. The van der Waals surface area contributed by atoms with Crippen molar-refractivity contribution in [1.29, 1.82) is 0 Å². The fourth-order valence-corrected chi connectivity index (χ4v) is 4.95. The molecule has 11 nitrogen and oxygen atoms in total. The molecule has 1 saturated heterocycles. The van der Waals surface area contributed by atoms with Crippen molar-refractivity contribution in [3.8, 4) is 5.75 Å². The number of benzene rings is 2. The number of sulfonamides is 1. The van der Waals surface area contributed by atoms with Crippen LogP contribution in [0, 0.1) is 0 Å². The van der Waals surface area contributed by atoms with Crippen LogP contribution in [0.3, 0.4) is 0 Å². The molecule has 1 N–H and O–H groups in total. The monoisotopic (exact) mass is 488 g/mol. The Bertz CT molecular complexity index is 1300. The van der Waals surface area contributed by atoms with Gasteiger partial charge in [0.2, 0.25) is 10.0 Å². The number of para-hydroxylation sites is 2. The van der Waals surface area contributed by atoms with Crippen LogP contribution in [-0.2, 0) is 35.6 Å². The average molecular weight is 489 g/mol. The van der Waals surface area contributed by atoms with Crippen LogP contribution < -0.4 is 10.1 Å². The van der Waals surface area contributed by atoms with E-state index < -0.39 is 28.5 Å². The van der Waals surface area contributed by atoms with E-state index >= 15 is 0 Å². The lowest BCUT2D eigenvalue weighted by Crippen LogP contribution is -2.40. The molecule has 1 amide bonds. The summed E-state index contributed by atoms with van der Waals surface area (Å²) in [5, 5.41) is 2.57. The van der Waals surface area contributed by atoms with E-state index in [0.29, 0.717) is 13.2 Å². The lowest BCUT2D eigenvalue weighted by atomic mass is 10.3. The minimum absolute atomic E-state index is 0.0447. The van der Waals surface area contributed by atoms with Gasteiger partial charge in [0, 0.05) is 19.2 Å². The van der Waals surface area contributed by atoms with Gasteiger partial charge in [0.25, 0.3) is 5.91 Å². The number of ether oxygens (including phenoxy) is 3. The summed E-state index contributed by atoms with van der Waals surface area (Å²) in [4.78, 5) is 28.8. The third kappa shape index (κ3) is 5.19. The third-order valence-corrected chi connectivity index (χ3v) is 7.14. The van der Waals surface area contributed by atoms with Crippen molar-refractivity contribution in [2.75, 3.05) is 45.3 Å². The molecule has 0 unspecified atom stereocenters. The number of hydrogen-bond acceptors (Lipinski definition) is 8. The predicted molar refractivity (Wildman–Crippen MR) is 122 cm³/mol. The summed E-state index contributed by atoms with van der Waals surface area (Å²) in [5.41, 5.74) is 1.78. The number of anilines is 1. The quantitative estimate of drug-likeness (QED) is 0.469. The van der Waals surface area contributed by atoms with Crippen LogP contribution in [0.25, 0.3) is 11.0 Å². The first kappa shape index (κ1) is 23.7. The summed E-state index contributed by atoms with van der Waals surface area (Å²) in [6.45, 7) is 0.598. The van der Waals surface area contributed by atoms with Crippen LogP contribution in [0.5, 0.6) is 5.75 Å². The maximum Gasteiger partial charge on any atom is 0.326 e. The SMILES string of the molecule is COc1cc(S(=O)(=O)N2CCOCC2)ccc1NC(=O)COC(=O)Cn1cnc2ccccc21. The van der Waals surface area contributed by atoms with Crippen molar-refractivity contribution in [3.63, 3.8) is 0 Å². The number of hydrogen-bond donors (Lipinski definition) is 1. The van der Waals surface area contributed by atoms with E-state index in [1.54, 1.807) is 4.57 Å². The number of esters is 1. The minimum atomic E-state index is -3.72. The number of amides is 1. The Labute approximate surface area is 196 Å². The van der Waals surface area contributed by atoms with Crippen molar-refractivity contribution >= 4 is 38.6 Å². The number of nitrogens with zero attached hydrogens (tertiary/aromatic N) is 3. The van der Waals surface area contributed by atoms with E-state index in [1.165, 1.54) is 35.9 Å². The number of methoxy groups -OCH3 is 1. The van der Waals surface area contributed by atoms with Gasteiger partial charge in [-0.3, -0.25) is 9.59 Å². The summed E-state index contributed by atoms with van der Waals surface area (Å²) in [6.07, 6.45) is 1.53. The number of morpholine rings is 1. The number of carbonyl (C=O) groups excluding carboxylic acids is 2. The molecule has 4 rings (SSSR count). The Morgan fingerprint density at radius 2 is 1.91 bits per heavy atom. The second kappa shape index (κ2) is 10.2. The maximum absolute atomic E-state index is 12.8. The number of fused-ring (bicyclic) bond motifs is 1. The van der Waals surface area contributed by atoms with Crippen LogP contribution in [-0.4, -0.2) is 74.2 Å². The number of rotatable bonds is 8. The van der Waals surface area contributed by atoms with E-state index in [2.05, 4.69) is 10.3 Å². The summed E-state index contributed by atoms with van der Waals surface area (Å²) in [7, 11) is -2.35. The Balaban J connectivity index is 1.36. The van der Waals surface area contributed by atoms with E-state index in [9.17, 15) is 18.0 Å². The number of imidazole rings is 1. The zero-order valence-corrected chi connectivity index (χ0v) is 19.3. The summed E-state index contributed by atoms with van der Waals surface area (Å²) in [6, 6.07) is 11.5. The number of carbonyl (C=O) groups is 2. The highest BCUT2D eigenvalue weighted by Gasteiger charge is 2.27. The van der Waals surface area contributed by atoms with Crippen molar-refractivity contribution in [2.45, 2.75) is 11.4 Å². The van der Waals surface area contributed by atoms with Crippen LogP contribution >= 0.6 is 0 Å². The van der Waals surface area contributed by atoms with Gasteiger partial charge < -0.3 is 24.1 Å². The maximum atomic E-state index is 12.8. The first-order valence-corrected chi connectivity index (χ1v) is 11.9. The number of nitrogens with one attached hydrogen (secondary N) is 1. The largest absolute Gasteiger partial charge is 0.495 e. The predicted octanol–water partition coefficient (Wildman–Crippen LogP) is 1.25. The van der Waals surface area contributed by atoms with Gasteiger partial charge in [0.05, 0.1) is 48.3 Å². The van der Waals surface area contributed by atoms with Gasteiger partial charge >= 0.3 is 5.97 Å². The normalized spacial score (nSPS) is 14.6. The lowest BCUT2D eigenvalue weighted by molar-refractivity contribution is -0.147. The molecule has 0 bridgehead atoms. The van der Waals surface area contributed by atoms with Gasteiger partial charge in [-0.2, -0.15) is 4.31 Å². The molecule has 2 aromatic carbocycles. The Hall–Kier alpha value is -3.48. The van der Waals surface area contributed by atoms with E-state index in [0.717, 1.165) is 11.0 Å². The van der Waals surface area contributed by atoms with E-state index in [4.69, 9.17) is 14.2 Å². The Morgan fingerprint density at radius 1 is 1.15 bits per heavy atom. The van der Waals surface area contributed by atoms with Crippen LogP contribution in [0.4, 0.5) is 5.69 Å². The zero-order chi connectivity index (χ0) is 24.1. The standard InChI is InChI=1S/C22H24N4O7S/c1-31-20-12-16(34(29,30)26-8-10-32-11-9-26)6-7-18(20)24-21(27)14-33-22(28)13-25-15-23-17-4-2-3-5-19(17)25/h2-7,12,15H,8-11,13-14H2,1H3,(H,24,27). The first-order chi connectivity index (χ1) is 16.4. The average Bonchev–Trinajstić information content (AvgIpc) is 3.26. The molecule has 2 heterocycles. The highest BCUT2D eigenvalue weighted by Crippen LogP contribution is 2.29. The summed E-state index contributed by atoms with van der Waals surface area (Å²) >= 11 is 0. The molecule has 1 aliphatic rings. The van der Waals surface area contributed by atoms with Gasteiger partial charge in [0.1, 0.15) is 12.3 Å². The summed E-state index contributed by atoms with van der Waals surface area (Å²) in [5.74, 6) is -1.03. The van der Waals surface area contributed by atoms with Gasteiger partial charge in [-0.15, -0.1) is 0 Å². The molecule has 3 aromatic rings. The molecule has 0 spiro atoms. The molecule has 1 fully saturated rings. The zero-order valence-electron chi connectivity index (χ0n) is 18.5. The molecule has 180 valence electrons. The topological polar surface area (TPSA) is 129 Å². The van der Waals surface area contributed by atoms with Crippen molar-refractivity contribution in [3.05, 3.63) is 48.8 Å². The van der Waals surface area contributed by atoms with Crippen LogP contribution in [0.1, 0.15) is 0 Å². The van der Waals surface area contributed by atoms with Crippen LogP contribution in [0.15, 0.2) is 53.7 Å². The van der Waals surface area contributed by atoms with Gasteiger partial charge in [-0.1, -0.05) is 12.1 Å². The summed E-state index contributed by atoms with van der Waals surface area (Å²) < 4.78 is 44.2. The molecular formula is C22H24N4O7S. The molecule has 34 heavy (non-hydrogen) atoms. The highest BCUT2D eigenvalue weighted by atomic mass is 32.2. The van der Waals surface area contributed by atoms with E-state index in [-0.39, 0.29) is 36.0 Å². The van der Waals surface area contributed by atoms with Gasteiger partial charge in [-0.05, 0) is 24.3 Å². The second-order valence-electron chi connectivity index (χ2n) is 7.45. The van der Waals surface area contributed by atoms with Gasteiger partial charge in [0.15, 0.2) is 6.61 Å². The molecule has 0 aliphatic carbocycles. The van der Waals surface area contributed by atoms with Crippen LogP contribution in [0.2, 0.25) is 0 Å². The van der Waals surface area contributed by atoms with Crippen molar-refractivity contribution < 1.29 is 32.2 Å². The molecule has 12 heteroatoms. The fraction of sp³-hybridized carbons (Fsp3) is 0.318. The third-order valence-electron chi connectivity index (χ3n) is 5.25. The van der Waals surface area contributed by atoms with Gasteiger partial charge in [-0.25, -0.2) is 13.4 Å². The smallest absolute Gasteiger partial charge is 0.326 e. The molecule has 0 atom stereocenters. The number of aromatic nitrogens is 2. The fourth-order valence-electron chi connectivity index (χ4n) is 3.52. The van der Waals surface area contributed by atoms with Crippen molar-refractivity contribution in [1.82, 2.24) is 13.9 Å². The first-order valence-electron chi connectivity index (χ1n) is 10.5. The molecule has 0 radical (unpaired) electrons. The Morgan fingerprint density at radius 3 is 2.68 bits per heavy atom. The molecule has 0 saturated carbocycles. The second-order valence-corrected chi connectivity index (χ2v) is 9.39. The highest BCUT2D eigenvalue weighted by molar-refractivity contribution is 7.89. The van der Waals surface area contributed by atoms with Crippen molar-refractivity contribution in [2.24, 2.45) is 0 Å². The Kier molecular flexibility index (Phi) is 7.10. The molecular weight excluding hydrogens is 464 g/mol. The van der Waals surface area contributed by atoms with E-state index in [1.807, 2.05) is 24.3 Å².